The molecule has 2 aromatic carbocycles. The van der Waals surface area contributed by atoms with E-state index in [-0.39, 0.29) is 5.91 Å². The lowest BCUT2D eigenvalue weighted by Gasteiger charge is -2.19. The molecule has 0 saturated heterocycles. The van der Waals surface area contributed by atoms with Gasteiger partial charge < -0.3 is 24.3 Å². The van der Waals surface area contributed by atoms with Gasteiger partial charge in [0, 0.05) is 22.9 Å². The summed E-state index contributed by atoms with van der Waals surface area (Å²) in [5.41, 5.74) is 1.92. The Balaban J connectivity index is 1.85. The average molecular weight is 329 g/mol. The predicted molar refractivity (Wildman–Crippen MR) is 89.7 cm³/mol. The van der Waals surface area contributed by atoms with Gasteiger partial charge >= 0.3 is 0 Å². The van der Waals surface area contributed by atoms with Gasteiger partial charge in [0.25, 0.3) is 5.91 Å². The van der Waals surface area contributed by atoms with Crippen LogP contribution in [0, 0.1) is 6.92 Å². The summed E-state index contributed by atoms with van der Waals surface area (Å²) < 4.78 is 21.6. The maximum atomic E-state index is 12.5. The second kappa shape index (κ2) is 6.70. The number of anilines is 1. The Morgan fingerprint density at radius 3 is 2.25 bits per heavy atom. The molecule has 24 heavy (non-hydrogen) atoms. The van der Waals surface area contributed by atoms with Crippen molar-refractivity contribution < 1.29 is 23.7 Å². The molecule has 0 atom stereocenters. The van der Waals surface area contributed by atoms with Gasteiger partial charge in [-0.3, -0.25) is 4.79 Å². The molecular formula is C18H19NO5. The summed E-state index contributed by atoms with van der Waals surface area (Å²) in [5.74, 6) is 2.24. The Bertz CT molecular complexity index is 747. The van der Waals surface area contributed by atoms with E-state index in [4.69, 9.17) is 18.9 Å². The molecule has 0 fully saturated rings. The van der Waals surface area contributed by atoms with Crippen molar-refractivity contribution >= 4 is 11.6 Å². The van der Waals surface area contributed by atoms with Gasteiger partial charge in [-0.15, -0.1) is 0 Å². The lowest BCUT2D eigenvalue weighted by atomic mass is 10.1. The molecule has 0 aliphatic carbocycles. The molecule has 1 aliphatic rings. The fourth-order valence-electron chi connectivity index (χ4n) is 2.54. The van der Waals surface area contributed by atoms with Crippen molar-refractivity contribution in [1.82, 2.24) is 0 Å². The SMILES string of the molecule is COc1cc(C(=O)Nc2ccc3c(c2)OCCO3)cc(OC)c1C. The van der Waals surface area contributed by atoms with Crippen LogP contribution >= 0.6 is 0 Å². The Morgan fingerprint density at radius 1 is 1.00 bits per heavy atom. The fourth-order valence-corrected chi connectivity index (χ4v) is 2.54. The highest BCUT2D eigenvalue weighted by Gasteiger charge is 2.16. The standard InChI is InChI=1S/C18H19NO5/c1-11-15(21-2)8-12(9-16(11)22-3)18(20)19-13-4-5-14-17(10-13)24-7-6-23-14/h4-5,8-10H,6-7H2,1-3H3,(H,19,20). The Labute approximate surface area is 140 Å². The molecule has 1 amide bonds. The molecule has 0 unspecified atom stereocenters. The Kier molecular flexibility index (Phi) is 4.46. The second-order valence-corrected chi connectivity index (χ2v) is 5.32. The van der Waals surface area contributed by atoms with Crippen LogP contribution in [-0.2, 0) is 0 Å². The summed E-state index contributed by atoms with van der Waals surface area (Å²) in [6, 6.07) is 8.67. The number of hydrogen-bond donors (Lipinski definition) is 1. The molecule has 1 aliphatic heterocycles. The third-order valence-corrected chi connectivity index (χ3v) is 3.81. The lowest BCUT2D eigenvalue weighted by molar-refractivity contribution is 0.102. The first-order valence-corrected chi connectivity index (χ1v) is 7.56. The van der Waals surface area contributed by atoms with Crippen LogP contribution in [0.1, 0.15) is 15.9 Å². The second-order valence-electron chi connectivity index (χ2n) is 5.32. The molecule has 3 rings (SSSR count). The van der Waals surface area contributed by atoms with Crippen LogP contribution in [0.3, 0.4) is 0 Å². The minimum Gasteiger partial charge on any atom is -0.496 e. The Hall–Kier alpha value is -2.89. The van der Waals surface area contributed by atoms with Crippen molar-refractivity contribution in [3.05, 3.63) is 41.5 Å². The van der Waals surface area contributed by atoms with E-state index in [1.54, 1.807) is 44.6 Å². The molecule has 6 heteroatoms. The summed E-state index contributed by atoms with van der Waals surface area (Å²) in [6.45, 7) is 2.90. The number of carbonyl (C=O) groups is 1. The van der Waals surface area contributed by atoms with Crippen molar-refractivity contribution in [2.24, 2.45) is 0 Å². The number of ether oxygens (including phenoxy) is 4. The minimum absolute atomic E-state index is 0.261. The normalized spacial score (nSPS) is 12.5. The van der Waals surface area contributed by atoms with Gasteiger partial charge in [0.15, 0.2) is 11.5 Å². The molecule has 1 N–H and O–H groups in total. The summed E-state index contributed by atoms with van der Waals surface area (Å²) in [6.07, 6.45) is 0. The van der Waals surface area contributed by atoms with Crippen LogP contribution < -0.4 is 24.3 Å². The van der Waals surface area contributed by atoms with Crippen LogP contribution in [0.4, 0.5) is 5.69 Å². The van der Waals surface area contributed by atoms with Gasteiger partial charge in [0.2, 0.25) is 0 Å². The molecule has 0 bridgehead atoms. The van der Waals surface area contributed by atoms with Crippen LogP contribution in [0.5, 0.6) is 23.0 Å². The van der Waals surface area contributed by atoms with E-state index in [2.05, 4.69) is 5.32 Å². The number of methoxy groups -OCH3 is 2. The molecule has 126 valence electrons. The molecule has 1 heterocycles. The number of hydrogen-bond acceptors (Lipinski definition) is 5. The highest BCUT2D eigenvalue weighted by molar-refractivity contribution is 6.05. The maximum absolute atomic E-state index is 12.5. The minimum atomic E-state index is -0.261. The maximum Gasteiger partial charge on any atom is 0.255 e. The van der Waals surface area contributed by atoms with Crippen molar-refractivity contribution in [2.75, 3.05) is 32.8 Å². The first-order valence-electron chi connectivity index (χ1n) is 7.56. The van der Waals surface area contributed by atoms with Gasteiger partial charge in [-0.1, -0.05) is 0 Å². The van der Waals surface area contributed by atoms with E-state index in [9.17, 15) is 4.79 Å². The number of nitrogens with one attached hydrogen (secondary N) is 1. The number of carbonyl (C=O) groups excluding carboxylic acids is 1. The smallest absolute Gasteiger partial charge is 0.255 e. The van der Waals surface area contributed by atoms with Crippen LogP contribution in [0.2, 0.25) is 0 Å². The van der Waals surface area contributed by atoms with Crippen molar-refractivity contribution in [3.63, 3.8) is 0 Å². The van der Waals surface area contributed by atoms with Crippen LogP contribution in [0.15, 0.2) is 30.3 Å². The summed E-state index contributed by atoms with van der Waals surface area (Å²) >= 11 is 0. The molecule has 2 aromatic rings. The van der Waals surface area contributed by atoms with Gasteiger partial charge in [-0.05, 0) is 31.2 Å². The molecule has 0 saturated carbocycles. The van der Waals surface area contributed by atoms with Crippen LogP contribution in [0.25, 0.3) is 0 Å². The number of benzene rings is 2. The van der Waals surface area contributed by atoms with Crippen LogP contribution in [-0.4, -0.2) is 33.3 Å². The highest BCUT2D eigenvalue weighted by atomic mass is 16.6. The van der Waals surface area contributed by atoms with Crippen molar-refractivity contribution in [3.8, 4) is 23.0 Å². The summed E-state index contributed by atoms with van der Waals surface area (Å²) in [5, 5.41) is 2.84. The first kappa shape index (κ1) is 16.0. The average Bonchev–Trinajstić information content (AvgIpc) is 2.61. The van der Waals surface area contributed by atoms with Crippen molar-refractivity contribution in [1.29, 1.82) is 0 Å². The van der Waals surface area contributed by atoms with E-state index >= 15 is 0 Å². The van der Waals surface area contributed by atoms with E-state index < -0.39 is 0 Å². The topological polar surface area (TPSA) is 66.0 Å². The van der Waals surface area contributed by atoms with E-state index in [0.717, 1.165) is 5.56 Å². The zero-order valence-corrected chi connectivity index (χ0v) is 13.8. The third kappa shape index (κ3) is 3.08. The zero-order chi connectivity index (χ0) is 17.1. The summed E-state index contributed by atoms with van der Waals surface area (Å²) in [7, 11) is 3.12. The Morgan fingerprint density at radius 2 is 1.62 bits per heavy atom. The highest BCUT2D eigenvalue weighted by Crippen LogP contribution is 2.33. The lowest BCUT2D eigenvalue weighted by Crippen LogP contribution is -2.16. The molecule has 0 aromatic heterocycles. The van der Waals surface area contributed by atoms with E-state index in [1.807, 2.05) is 6.92 Å². The third-order valence-electron chi connectivity index (χ3n) is 3.81. The van der Waals surface area contributed by atoms with E-state index in [1.165, 1.54) is 0 Å². The van der Waals surface area contributed by atoms with Gasteiger partial charge in [-0.25, -0.2) is 0 Å². The molecule has 0 radical (unpaired) electrons. The first-order chi connectivity index (χ1) is 11.6. The van der Waals surface area contributed by atoms with Crippen molar-refractivity contribution in [2.45, 2.75) is 6.92 Å². The molecular weight excluding hydrogens is 310 g/mol. The van der Waals surface area contributed by atoms with E-state index in [0.29, 0.717) is 47.5 Å². The number of fused-ring (bicyclic) bond motifs is 1. The number of rotatable bonds is 4. The largest absolute Gasteiger partial charge is 0.496 e. The van der Waals surface area contributed by atoms with Gasteiger partial charge in [-0.2, -0.15) is 0 Å². The number of amides is 1. The summed E-state index contributed by atoms with van der Waals surface area (Å²) in [4.78, 5) is 12.5. The zero-order valence-electron chi connectivity index (χ0n) is 13.8. The molecule has 6 nitrogen and oxygen atoms in total. The fraction of sp³-hybridized carbons (Fsp3) is 0.278. The monoisotopic (exact) mass is 329 g/mol. The quantitative estimate of drug-likeness (QED) is 0.934. The molecule has 0 spiro atoms. The van der Waals surface area contributed by atoms with Gasteiger partial charge in [0.1, 0.15) is 24.7 Å². The predicted octanol–water partition coefficient (Wildman–Crippen LogP) is 3.04. The van der Waals surface area contributed by atoms with Gasteiger partial charge in [0.05, 0.1) is 14.2 Å².